The van der Waals surface area contributed by atoms with Gasteiger partial charge in [0.25, 0.3) is 0 Å². The van der Waals surface area contributed by atoms with E-state index in [-0.39, 0.29) is 24.9 Å². The summed E-state index contributed by atoms with van der Waals surface area (Å²) in [6.07, 6.45) is 70.4. The lowest BCUT2D eigenvalue weighted by Gasteiger charge is -2.24. The number of esters is 1. The molecule has 6 nitrogen and oxygen atoms in total. The molecule has 6 heteroatoms. The summed E-state index contributed by atoms with van der Waals surface area (Å²) in [5.41, 5.74) is 0. The number of nitrogens with one attached hydrogen (secondary N) is 1. The molecule has 0 aromatic rings. The van der Waals surface area contributed by atoms with Crippen molar-refractivity contribution in [2.24, 2.45) is 0 Å². The van der Waals surface area contributed by atoms with Crippen LogP contribution < -0.4 is 5.32 Å². The molecule has 0 aliphatic carbocycles. The maximum atomic E-state index is 13.2. The number of rotatable bonds is 48. The van der Waals surface area contributed by atoms with E-state index >= 15 is 0 Å². The Labute approximate surface area is 407 Å². The highest BCUT2D eigenvalue weighted by molar-refractivity contribution is 5.77. The highest BCUT2D eigenvalue weighted by Crippen LogP contribution is 2.17. The van der Waals surface area contributed by atoms with Crippen LogP contribution in [0.1, 0.15) is 245 Å². The molecule has 3 unspecified atom stereocenters. The highest BCUT2D eigenvalue weighted by atomic mass is 16.5. The summed E-state index contributed by atoms with van der Waals surface area (Å²) in [6, 6.07) is -0.730. The largest absolute Gasteiger partial charge is 0.462 e. The Morgan fingerprint density at radius 2 is 0.879 bits per heavy atom. The second-order valence-corrected chi connectivity index (χ2v) is 18.3. The van der Waals surface area contributed by atoms with Gasteiger partial charge in [-0.15, -0.1) is 0 Å². The fraction of sp³-hybridized carbons (Fsp3) is 0.700. The molecule has 3 atom stereocenters. The van der Waals surface area contributed by atoms with Crippen molar-refractivity contribution < 1.29 is 24.5 Å². The summed E-state index contributed by atoms with van der Waals surface area (Å²) in [5, 5.41) is 23.8. The molecule has 0 aliphatic rings. The Morgan fingerprint density at radius 1 is 0.470 bits per heavy atom. The summed E-state index contributed by atoms with van der Waals surface area (Å²) in [7, 11) is 0. The Bertz CT molecular complexity index is 1310. The fourth-order valence-corrected chi connectivity index (χ4v) is 7.82. The van der Waals surface area contributed by atoms with Crippen LogP contribution in [0.5, 0.6) is 0 Å². The maximum absolute atomic E-state index is 13.2. The molecule has 0 saturated carbocycles. The van der Waals surface area contributed by atoms with E-state index in [2.05, 4.69) is 123 Å². The molecule has 3 N–H and O–H groups in total. The molecule has 378 valence electrons. The predicted octanol–water partition coefficient (Wildman–Crippen LogP) is 16.9. The van der Waals surface area contributed by atoms with E-state index in [1.165, 1.54) is 103 Å². The van der Waals surface area contributed by atoms with E-state index in [9.17, 15) is 19.8 Å². The zero-order valence-corrected chi connectivity index (χ0v) is 43.0. The second kappa shape index (κ2) is 52.7. The van der Waals surface area contributed by atoms with E-state index in [1.54, 1.807) is 0 Å². The minimum absolute atomic E-state index is 0.0273. The SMILES string of the molecule is CC/C=C\C/C=C\C/C=C\C/C=C\C/C=C\CCCC(=O)OC(CCCCC/C=C/C=C/C=C/CCCCCCC)CC(=O)NC(CO)C(O)CCCCCCCCCCCCCCCC. The van der Waals surface area contributed by atoms with Crippen molar-refractivity contribution in [1.29, 1.82) is 0 Å². The van der Waals surface area contributed by atoms with Crippen LogP contribution in [-0.2, 0) is 14.3 Å². The number of amides is 1. The first-order valence-corrected chi connectivity index (χ1v) is 27.5. The maximum Gasteiger partial charge on any atom is 0.306 e. The molecular weight excluding hydrogens is 815 g/mol. The standard InChI is InChI=1S/C60H103NO5/c1-4-7-10-13-16-19-22-25-28-30-32-35-38-41-44-47-50-53-60(65)66-56(51-48-45-42-39-36-33-31-29-26-23-20-17-14-11-8-5-2)54-59(64)61-57(55-62)58(63)52-49-46-43-40-37-34-27-24-21-18-15-12-9-6-3/h7,10,16,19,23,25-26,28-29,31-33,35-36,41,44,56-58,62-63H,4-6,8-9,11-15,17-18,20-22,24,27,30,34,37-40,42-43,45-55H2,1-3H3,(H,61,64)/b10-7-,19-16-,26-23+,28-25-,31-29+,35-32-,36-33+,44-41-. The zero-order valence-electron chi connectivity index (χ0n) is 43.0. The molecule has 0 rings (SSSR count). The zero-order chi connectivity index (χ0) is 48.1. The van der Waals surface area contributed by atoms with Crippen LogP contribution in [0, 0.1) is 0 Å². The van der Waals surface area contributed by atoms with Crippen LogP contribution in [0.25, 0.3) is 0 Å². The average molecular weight is 918 g/mol. The van der Waals surface area contributed by atoms with Crippen molar-refractivity contribution in [3.8, 4) is 0 Å². The molecule has 0 aromatic carbocycles. The van der Waals surface area contributed by atoms with Gasteiger partial charge in [-0.05, 0) is 89.9 Å². The molecule has 0 heterocycles. The molecule has 0 spiro atoms. The molecule has 0 radical (unpaired) electrons. The van der Waals surface area contributed by atoms with Crippen LogP contribution in [-0.4, -0.2) is 46.9 Å². The van der Waals surface area contributed by atoms with E-state index in [0.717, 1.165) is 89.9 Å². The van der Waals surface area contributed by atoms with E-state index in [4.69, 9.17) is 4.74 Å². The second-order valence-electron chi connectivity index (χ2n) is 18.3. The van der Waals surface area contributed by atoms with Gasteiger partial charge in [-0.3, -0.25) is 9.59 Å². The molecule has 0 saturated heterocycles. The van der Waals surface area contributed by atoms with Gasteiger partial charge in [-0.1, -0.05) is 240 Å². The molecule has 0 aromatic heterocycles. The Kier molecular flexibility index (Phi) is 50.2. The first-order chi connectivity index (χ1) is 32.5. The summed E-state index contributed by atoms with van der Waals surface area (Å²) >= 11 is 0. The number of hydrogen-bond acceptors (Lipinski definition) is 5. The van der Waals surface area contributed by atoms with Gasteiger partial charge >= 0.3 is 5.97 Å². The van der Waals surface area contributed by atoms with Gasteiger partial charge in [0.05, 0.1) is 25.2 Å². The van der Waals surface area contributed by atoms with Crippen molar-refractivity contribution in [3.05, 3.63) is 97.2 Å². The number of carbonyl (C=O) groups is 2. The van der Waals surface area contributed by atoms with Crippen molar-refractivity contribution in [2.45, 2.75) is 264 Å². The first kappa shape index (κ1) is 62.8. The molecule has 1 amide bonds. The third kappa shape index (κ3) is 47.3. The van der Waals surface area contributed by atoms with E-state index in [0.29, 0.717) is 25.7 Å². The number of aliphatic hydroxyl groups is 2. The summed E-state index contributed by atoms with van der Waals surface area (Å²) < 4.78 is 5.90. The Hall–Kier alpha value is -3.22. The number of hydrogen-bond donors (Lipinski definition) is 3. The number of ether oxygens (including phenoxy) is 1. The molecule has 0 bridgehead atoms. The third-order valence-corrected chi connectivity index (χ3v) is 12.0. The lowest BCUT2D eigenvalue weighted by Crippen LogP contribution is -2.46. The molecule has 0 fully saturated rings. The van der Waals surface area contributed by atoms with Gasteiger partial charge < -0.3 is 20.3 Å². The van der Waals surface area contributed by atoms with Gasteiger partial charge in [0.1, 0.15) is 6.10 Å². The van der Waals surface area contributed by atoms with Crippen LogP contribution in [0.15, 0.2) is 97.2 Å². The van der Waals surface area contributed by atoms with E-state index < -0.39 is 18.2 Å². The monoisotopic (exact) mass is 918 g/mol. The quantitative estimate of drug-likeness (QED) is 0.0245. The minimum Gasteiger partial charge on any atom is -0.462 e. The van der Waals surface area contributed by atoms with Crippen LogP contribution in [0.3, 0.4) is 0 Å². The lowest BCUT2D eigenvalue weighted by molar-refractivity contribution is -0.151. The number of aliphatic hydroxyl groups excluding tert-OH is 2. The minimum atomic E-state index is -0.813. The van der Waals surface area contributed by atoms with Gasteiger partial charge in [0, 0.05) is 6.42 Å². The van der Waals surface area contributed by atoms with Crippen molar-refractivity contribution in [2.75, 3.05) is 6.61 Å². The first-order valence-electron chi connectivity index (χ1n) is 27.5. The normalized spacial score (nSPS) is 14.0. The van der Waals surface area contributed by atoms with Crippen LogP contribution >= 0.6 is 0 Å². The van der Waals surface area contributed by atoms with Crippen molar-refractivity contribution in [1.82, 2.24) is 5.32 Å². The predicted molar refractivity (Wildman–Crippen MR) is 287 cm³/mol. The highest BCUT2D eigenvalue weighted by Gasteiger charge is 2.24. The molecule has 0 aliphatic heterocycles. The Morgan fingerprint density at radius 3 is 1.36 bits per heavy atom. The van der Waals surface area contributed by atoms with Gasteiger partial charge in [-0.25, -0.2) is 0 Å². The summed E-state index contributed by atoms with van der Waals surface area (Å²) in [5.74, 6) is -0.581. The average Bonchev–Trinajstić information content (AvgIpc) is 3.31. The van der Waals surface area contributed by atoms with Gasteiger partial charge in [-0.2, -0.15) is 0 Å². The summed E-state index contributed by atoms with van der Waals surface area (Å²) in [4.78, 5) is 26.2. The topological polar surface area (TPSA) is 95.9 Å². The van der Waals surface area contributed by atoms with Crippen LogP contribution in [0.4, 0.5) is 0 Å². The van der Waals surface area contributed by atoms with Gasteiger partial charge in [0.15, 0.2) is 0 Å². The number of allylic oxidation sites excluding steroid dienone is 16. The third-order valence-electron chi connectivity index (χ3n) is 12.0. The van der Waals surface area contributed by atoms with E-state index in [1.807, 2.05) is 0 Å². The molecular formula is C60H103NO5. The Balaban J connectivity index is 4.75. The van der Waals surface area contributed by atoms with Gasteiger partial charge in [0.2, 0.25) is 5.91 Å². The lowest BCUT2D eigenvalue weighted by atomic mass is 10.0. The smallest absolute Gasteiger partial charge is 0.306 e. The summed E-state index contributed by atoms with van der Waals surface area (Å²) in [6.45, 7) is 6.34. The van der Waals surface area contributed by atoms with Crippen molar-refractivity contribution >= 4 is 11.9 Å². The number of unbranched alkanes of at least 4 members (excludes halogenated alkanes) is 22. The molecule has 66 heavy (non-hydrogen) atoms. The van der Waals surface area contributed by atoms with Crippen molar-refractivity contribution in [3.63, 3.8) is 0 Å². The van der Waals surface area contributed by atoms with Crippen LogP contribution in [0.2, 0.25) is 0 Å². The number of carbonyl (C=O) groups excluding carboxylic acids is 2. The fourth-order valence-electron chi connectivity index (χ4n) is 7.82.